The summed E-state index contributed by atoms with van der Waals surface area (Å²) in [5.74, 6) is 0.300. The standard InChI is InChI=1S/C17H12N6O5/c24-15-13-14(20-17(21-15)23-6-10(4-19-23)16(25)26)18-7-22(13)5-9-1-2-11-12(3-9)28-8-27-11/h1-4,6-7H,5,8H2,(H,25,26)(H,20,21,24). The number of aromatic carboxylic acids is 1. The number of rotatable bonds is 4. The van der Waals surface area contributed by atoms with Gasteiger partial charge in [0.05, 0.1) is 18.1 Å². The number of aromatic nitrogens is 6. The first kappa shape index (κ1) is 16.1. The van der Waals surface area contributed by atoms with Crippen molar-refractivity contribution in [2.75, 3.05) is 6.79 Å². The van der Waals surface area contributed by atoms with Gasteiger partial charge in [-0.1, -0.05) is 6.07 Å². The van der Waals surface area contributed by atoms with Crippen molar-refractivity contribution in [3.8, 4) is 17.4 Å². The Morgan fingerprint density at radius 1 is 1.29 bits per heavy atom. The summed E-state index contributed by atoms with van der Waals surface area (Å²) in [5.41, 5.74) is 1.01. The van der Waals surface area contributed by atoms with Crippen LogP contribution in [0.3, 0.4) is 0 Å². The Hall–Kier alpha value is -4.15. The van der Waals surface area contributed by atoms with Crippen molar-refractivity contribution in [1.82, 2.24) is 29.3 Å². The van der Waals surface area contributed by atoms with E-state index in [2.05, 4.69) is 20.1 Å². The molecule has 5 rings (SSSR count). The van der Waals surface area contributed by atoms with E-state index < -0.39 is 11.5 Å². The molecule has 4 heterocycles. The molecule has 0 saturated heterocycles. The molecule has 2 N–H and O–H groups in total. The number of hydrogen-bond acceptors (Lipinski definition) is 7. The number of carboxylic acids is 1. The minimum absolute atomic E-state index is 0.0175. The van der Waals surface area contributed by atoms with Crippen LogP contribution in [-0.2, 0) is 6.54 Å². The summed E-state index contributed by atoms with van der Waals surface area (Å²) in [7, 11) is 0. The molecule has 0 amide bonds. The first-order chi connectivity index (χ1) is 13.6. The molecule has 1 aliphatic rings. The maximum atomic E-state index is 12.6. The number of carboxylic acid groups (broad SMARTS) is 1. The number of carbonyl (C=O) groups is 1. The van der Waals surface area contributed by atoms with Gasteiger partial charge in [-0.3, -0.25) is 9.78 Å². The van der Waals surface area contributed by atoms with Crippen molar-refractivity contribution in [3.63, 3.8) is 0 Å². The highest BCUT2D eigenvalue weighted by Gasteiger charge is 2.16. The van der Waals surface area contributed by atoms with Gasteiger partial charge in [0.2, 0.25) is 12.7 Å². The van der Waals surface area contributed by atoms with E-state index in [0.29, 0.717) is 23.6 Å². The van der Waals surface area contributed by atoms with E-state index in [4.69, 9.17) is 14.6 Å². The molecule has 0 bridgehead atoms. The monoisotopic (exact) mass is 380 g/mol. The van der Waals surface area contributed by atoms with E-state index >= 15 is 0 Å². The van der Waals surface area contributed by atoms with Gasteiger partial charge in [0.15, 0.2) is 22.7 Å². The number of aromatic amines is 1. The first-order valence-electron chi connectivity index (χ1n) is 8.20. The van der Waals surface area contributed by atoms with Gasteiger partial charge in [0, 0.05) is 12.7 Å². The van der Waals surface area contributed by atoms with Gasteiger partial charge in [-0.05, 0) is 17.7 Å². The van der Waals surface area contributed by atoms with Crippen molar-refractivity contribution < 1.29 is 19.4 Å². The minimum Gasteiger partial charge on any atom is -0.478 e. The van der Waals surface area contributed by atoms with Crippen molar-refractivity contribution in [2.45, 2.75) is 6.54 Å². The molecule has 0 saturated carbocycles. The quantitative estimate of drug-likeness (QED) is 0.530. The van der Waals surface area contributed by atoms with E-state index in [1.54, 1.807) is 4.57 Å². The molecule has 0 radical (unpaired) electrons. The lowest BCUT2D eigenvalue weighted by atomic mass is 10.2. The van der Waals surface area contributed by atoms with Gasteiger partial charge >= 0.3 is 5.97 Å². The lowest BCUT2D eigenvalue weighted by Crippen LogP contribution is -2.16. The summed E-state index contributed by atoms with van der Waals surface area (Å²) in [5, 5.41) is 12.9. The molecule has 4 aromatic rings. The number of H-pyrrole nitrogens is 1. The lowest BCUT2D eigenvalue weighted by Gasteiger charge is -2.06. The first-order valence-corrected chi connectivity index (χ1v) is 8.20. The molecule has 0 spiro atoms. The highest BCUT2D eigenvalue weighted by molar-refractivity contribution is 5.86. The molecular weight excluding hydrogens is 368 g/mol. The van der Waals surface area contributed by atoms with Crippen LogP contribution < -0.4 is 15.0 Å². The Balaban J connectivity index is 1.51. The molecule has 3 aromatic heterocycles. The second-order valence-electron chi connectivity index (χ2n) is 6.10. The zero-order valence-electron chi connectivity index (χ0n) is 14.2. The summed E-state index contributed by atoms with van der Waals surface area (Å²) in [6.45, 7) is 0.582. The summed E-state index contributed by atoms with van der Waals surface area (Å²) in [4.78, 5) is 34.7. The molecule has 0 fully saturated rings. The Labute approximate surface area is 155 Å². The van der Waals surface area contributed by atoms with E-state index in [9.17, 15) is 9.59 Å². The smallest absolute Gasteiger partial charge is 0.338 e. The highest BCUT2D eigenvalue weighted by Crippen LogP contribution is 2.32. The fraction of sp³-hybridized carbons (Fsp3) is 0.118. The van der Waals surface area contributed by atoms with Gasteiger partial charge < -0.3 is 19.1 Å². The molecule has 1 aliphatic heterocycles. The largest absolute Gasteiger partial charge is 0.478 e. The van der Waals surface area contributed by atoms with Crippen LogP contribution in [0.4, 0.5) is 0 Å². The van der Waals surface area contributed by atoms with Crippen LogP contribution in [0.2, 0.25) is 0 Å². The van der Waals surface area contributed by atoms with Crippen molar-refractivity contribution in [2.24, 2.45) is 0 Å². The van der Waals surface area contributed by atoms with Crippen LogP contribution in [0, 0.1) is 0 Å². The van der Waals surface area contributed by atoms with Crippen LogP contribution >= 0.6 is 0 Å². The maximum absolute atomic E-state index is 12.6. The van der Waals surface area contributed by atoms with Crippen LogP contribution in [-0.4, -0.2) is 47.2 Å². The summed E-state index contributed by atoms with van der Waals surface area (Å²) >= 11 is 0. The van der Waals surface area contributed by atoms with E-state index in [1.165, 1.54) is 23.4 Å². The third-order valence-corrected chi connectivity index (χ3v) is 4.31. The van der Waals surface area contributed by atoms with E-state index in [-0.39, 0.29) is 24.0 Å². The summed E-state index contributed by atoms with van der Waals surface area (Å²) < 4.78 is 13.5. The Morgan fingerprint density at radius 2 is 2.14 bits per heavy atom. The van der Waals surface area contributed by atoms with E-state index in [0.717, 1.165) is 5.56 Å². The van der Waals surface area contributed by atoms with E-state index in [1.807, 2.05) is 18.2 Å². The average molecular weight is 380 g/mol. The molecular formula is C17H12N6O5. The predicted molar refractivity (Wildman–Crippen MR) is 93.9 cm³/mol. The molecule has 0 unspecified atom stereocenters. The van der Waals surface area contributed by atoms with Crippen LogP contribution in [0.5, 0.6) is 11.5 Å². The zero-order chi connectivity index (χ0) is 19.3. The number of hydrogen-bond donors (Lipinski definition) is 2. The molecule has 11 nitrogen and oxygen atoms in total. The summed E-state index contributed by atoms with van der Waals surface area (Å²) in [6, 6.07) is 5.54. The topological polar surface area (TPSA) is 137 Å². The lowest BCUT2D eigenvalue weighted by molar-refractivity contribution is 0.0697. The second-order valence-corrected chi connectivity index (χ2v) is 6.10. The number of nitrogens with one attached hydrogen (secondary N) is 1. The maximum Gasteiger partial charge on any atom is 0.338 e. The average Bonchev–Trinajstić information content (AvgIpc) is 3.41. The Morgan fingerprint density at radius 3 is 2.96 bits per heavy atom. The molecule has 11 heteroatoms. The number of benzene rings is 1. The second kappa shape index (κ2) is 5.94. The fourth-order valence-electron chi connectivity index (χ4n) is 2.99. The minimum atomic E-state index is -1.12. The summed E-state index contributed by atoms with van der Waals surface area (Å²) in [6.07, 6.45) is 3.95. The van der Waals surface area contributed by atoms with Gasteiger partial charge in [-0.25, -0.2) is 14.5 Å². The SMILES string of the molecule is O=C(O)c1cnn(-c2nc3ncn(Cc4ccc5c(c4)OCO5)c3c(=O)[nH]2)c1. The van der Waals surface area contributed by atoms with Crippen molar-refractivity contribution in [1.29, 1.82) is 0 Å². The molecule has 0 atom stereocenters. The number of imidazole rings is 1. The van der Waals surface area contributed by atoms with Gasteiger partial charge in [-0.15, -0.1) is 0 Å². The third kappa shape index (κ3) is 2.57. The van der Waals surface area contributed by atoms with Gasteiger partial charge in [-0.2, -0.15) is 10.1 Å². The molecule has 1 aromatic carbocycles. The highest BCUT2D eigenvalue weighted by atomic mass is 16.7. The third-order valence-electron chi connectivity index (χ3n) is 4.31. The van der Waals surface area contributed by atoms with Gasteiger partial charge in [0.25, 0.3) is 5.56 Å². The number of ether oxygens (including phenoxy) is 2. The predicted octanol–water partition coefficient (Wildman–Crippen LogP) is 0.780. The van der Waals surface area contributed by atoms with Crippen molar-refractivity contribution in [3.05, 3.63) is 58.4 Å². The van der Waals surface area contributed by atoms with Gasteiger partial charge in [0.1, 0.15) is 0 Å². The molecule has 140 valence electrons. The Bertz CT molecular complexity index is 1290. The van der Waals surface area contributed by atoms with Crippen LogP contribution in [0.25, 0.3) is 17.1 Å². The van der Waals surface area contributed by atoms with Crippen LogP contribution in [0.1, 0.15) is 15.9 Å². The number of fused-ring (bicyclic) bond motifs is 2. The van der Waals surface area contributed by atoms with Crippen molar-refractivity contribution >= 4 is 17.1 Å². The fourth-order valence-corrected chi connectivity index (χ4v) is 2.99. The molecule has 0 aliphatic carbocycles. The molecule has 28 heavy (non-hydrogen) atoms. The number of nitrogens with zero attached hydrogens (tertiary/aromatic N) is 5. The van der Waals surface area contributed by atoms with Crippen LogP contribution in [0.15, 0.2) is 41.7 Å². The zero-order valence-corrected chi connectivity index (χ0v) is 14.2. The Kier molecular flexibility index (Phi) is 3.41. The normalized spacial score (nSPS) is 12.6.